The van der Waals surface area contributed by atoms with Crippen molar-refractivity contribution in [2.75, 3.05) is 0 Å². The SMILES string of the molecule is O=C1CCCCC1n1cc2cc(Br)ccc2n1. The molecule has 0 amide bonds. The first kappa shape index (κ1) is 11.0. The first-order chi connectivity index (χ1) is 8.24. The Bertz CT molecular complexity index is 576. The molecule has 1 aromatic carbocycles. The van der Waals surface area contributed by atoms with Gasteiger partial charge in [-0.3, -0.25) is 9.48 Å². The van der Waals surface area contributed by atoms with Crippen LogP contribution in [-0.2, 0) is 4.79 Å². The minimum absolute atomic E-state index is 0.0464. The number of aromatic nitrogens is 2. The predicted molar refractivity (Wildman–Crippen MR) is 69.9 cm³/mol. The standard InChI is InChI=1S/C13H13BrN2O/c14-10-5-6-11-9(7-10)8-16(15-11)12-3-1-2-4-13(12)17/h5-8,12H,1-4H2. The lowest BCUT2D eigenvalue weighted by molar-refractivity contribution is -0.124. The van der Waals surface area contributed by atoms with Gasteiger partial charge in [-0.2, -0.15) is 5.10 Å². The molecule has 1 unspecified atom stereocenters. The van der Waals surface area contributed by atoms with Gasteiger partial charge in [0.05, 0.1) is 5.52 Å². The molecule has 3 nitrogen and oxygen atoms in total. The number of Topliss-reactive ketones (excluding diaryl/α,β-unsaturated/α-hetero) is 1. The number of halogens is 1. The zero-order valence-electron chi connectivity index (χ0n) is 9.40. The van der Waals surface area contributed by atoms with E-state index in [9.17, 15) is 4.79 Å². The largest absolute Gasteiger partial charge is 0.297 e. The summed E-state index contributed by atoms with van der Waals surface area (Å²) in [5.74, 6) is 0.322. The lowest BCUT2D eigenvalue weighted by Crippen LogP contribution is -2.23. The quantitative estimate of drug-likeness (QED) is 0.806. The van der Waals surface area contributed by atoms with Crippen LogP contribution in [0.4, 0.5) is 0 Å². The van der Waals surface area contributed by atoms with Gasteiger partial charge >= 0.3 is 0 Å². The summed E-state index contributed by atoms with van der Waals surface area (Å²) in [6.07, 6.45) is 5.75. The van der Waals surface area contributed by atoms with Crippen molar-refractivity contribution in [3.05, 3.63) is 28.9 Å². The highest BCUT2D eigenvalue weighted by Crippen LogP contribution is 2.27. The van der Waals surface area contributed by atoms with Crippen molar-refractivity contribution in [1.29, 1.82) is 0 Å². The van der Waals surface area contributed by atoms with Crippen molar-refractivity contribution in [2.45, 2.75) is 31.7 Å². The van der Waals surface area contributed by atoms with Gasteiger partial charge in [-0.25, -0.2) is 0 Å². The van der Waals surface area contributed by atoms with Crippen LogP contribution in [0.3, 0.4) is 0 Å². The van der Waals surface area contributed by atoms with Crippen LogP contribution in [0.15, 0.2) is 28.9 Å². The topological polar surface area (TPSA) is 34.9 Å². The minimum atomic E-state index is -0.0464. The highest BCUT2D eigenvalue weighted by molar-refractivity contribution is 9.10. The van der Waals surface area contributed by atoms with Crippen molar-refractivity contribution in [1.82, 2.24) is 9.78 Å². The fourth-order valence-electron chi connectivity index (χ4n) is 2.42. The summed E-state index contributed by atoms with van der Waals surface area (Å²) < 4.78 is 2.89. The second-order valence-corrected chi connectivity index (χ2v) is 5.46. The molecule has 0 N–H and O–H groups in total. The summed E-state index contributed by atoms with van der Waals surface area (Å²) in [6.45, 7) is 0. The fraction of sp³-hybridized carbons (Fsp3) is 0.385. The van der Waals surface area contributed by atoms with Gasteiger partial charge in [0.1, 0.15) is 6.04 Å². The smallest absolute Gasteiger partial charge is 0.157 e. The van der Waals surface area contributed by atoms with Crippen molar-refractivity contribution >= 4 is 32.6 Å². The van der Waals surface area contributed by atoms with Crippen LogP contribution < -0.4 is 0 Å². The molecule has 0 saturated heterocycles. The molecule has 1 saturated carbocycles. The van der Waals surface area contributed by atoms with Crippen molar-refractivity contribution in [2.24, 2.45) is 0 Å². The normalized spacial score (nSPS) is 21.0. The molecular weight excluding hydrogens is 280 g/mol. The Morgan fingerprint density at radius 1 is 1.35 bits per heavy atom. The molecule has 1 aromatic heterocycles. The predicted octanol–water partition coefficient (Wildman–Crippen LogP) is 3.48. The average molecular weight is 293 g/mol. The Labute approximate surface area is 108 Å². The molecule has 0 radical (unpaired) electrons. The molecule has 2 aromatic rings. The van der Waals surface area contributed by atoms with Gasteiger partial charge < -0.3 is 0 Å². The molecule has 3 rings (SSSR count). The van der Waals surface area contributed by atoms with E-state index >= 15 is 0 Å². The van der Waals surface area contributed by atoms with Crippen LogP contribution in [0.5, 0.6) is 0 Å². The summed E-state index contributed by atoms with van der Waals surface area (Å²) in [5.41, 5.74) is 0.951. The molecule has 1 aliphatic carbocycles. The average Bonchev–Trinajstić information content (AvgIpc) is 2.72. The summed E-state index contributed by atoms with van der Waals surface area (Å²) in [4.78, 5) is 11.9. The van der Waals surface area contributed by atoms with Crippen LogP contribution >= 0.6 is 15.9 Å². The number of carbonyl (C=O) groups excluding carboxylic acids is 1. The monoisotopic (exact) mass is 292 g/mol. The summed E-state index contributed by atoms with van der Waals surface area (Å²) >= 11 is 3.45. The van der Waals surface area contributed by atoms with Crippen LogP contribution in [0.1, 0.15) is 31.7 Å². The van der Waals surface area contributed by atoms with Gasteiger partial charge in [-0.1, -0.05) is 22.4 Å². The van der Waals surface area contributed by atoms with Gasteiger partial charge in [0, 0.05) is 22.5 Å². The highest BCUT2D eigenvalue weighted by Gasteiger charge is 2.24. The maximum Gasteiger partial charge on any atom is 0.157 e. The molecule has 1 heterocycles. The fourth-order valence-corrected chi connectivity index (χ4v) is 2.80. The van der Waals surface area contributed by atoms with E-state index in [1.807, 2.05) is 29.1 Å². The summed E-state index contributed by atoms with van der Waals surface area (Å²) in [6, 6.07) is 5.94. The molecule has 88 valence electrons. The first-order valence-electron chi connectivity index (χ1n) is 5.91. The van der Waals surface area contributed by atoms with Crippen molar-refractivity contribution in [3.8, 4) is 0 Å². The number of benzene rings is 1. The Hall–Kier alpha value is -1.16. The number of nitrogens with zero attached hydrogens (tertiary/aromatic N) is 2. The third kappa shape index (κ3) is 2.02. The van der Waals surface area contributed by atoms with E-state index in [4.69, 9.17) is 0 Å². The molecule has 17 heavy (non-hydrogen) atoms. The van der Waals surface area contributed by atoms with Crippen molar-refractivity contribution < 1.29 is 4.79 Å². The highest BCUT2D eigenvalue weighted by atomic mass is 79.9. The number of hydrogen-bond donors (Lipinski definition) is 0. The lowest BCUT2D eigenvalue weighted by atomic mass is 9.94. The zero-order chi connectivity index (χ0) is 11.8. The Kier molecular flexibility index (Phi) is 2.74. The van der Waals surface area contributed by atoms with Crippen LogP contribution in [0.25, 0.3) is 10.9 Å². The van der Waals surface area contributed by atoms with Crippen LogP contribution in [-0.4, -0.2) is 15.6 Å². The maximum absolute atomic E-state index is 11.9. The second-order valence-electron chi connectivity index (χ2n) is 4.54. The Balaban J connectivity index is 2.02. The third-order valence-corrected chi connectivity index (χ3v) is 3.82. The van der Waals surface area contributed by atoms with Gasteiger partial charge in [0.2, 0.25) is 0 Å². The minimum Gasteiger partial charge on any atom is -0.297 e. The Morgan fingerprint density at radius 3 is 3.06 bits per heavy atom. The van der Waals surface area contributed by atoms with E-state index in [0.717, 1.165) is 34.6 Å². The molecule has 0 aliphatic heterocycles. The van der Waals surface area contributed by atoms with E-state index < -0.39 is 0 Å². The van der Waals surface area contributed by atoms with Crippen molar-refractivity contribution in [3.63, 3.8) is 0 Å². The van der Waals surface area contributed by atoms with Gasteiger partial charge in [-0.05, 0) is 31.0 Å². The summed E-state index contributed by atoms with van der Waals surface area (Å²) in [7, 11) is 0. The van der Waals surface area contributed by atoms with Crippen LogP contribution in [0, 0.1) is 0 Å². The molecule has 1 fully saturated rings. The summed E-state index contributed by atoms with van der Waals surface area (Å²) in [5, 5.41) is 5.58. The number of rotatable bonds is 1. The number of hydrogen-bond acceptors (Lipinski definition) is 2. The van der Waals surface area contributed by atoms with Gasteiger partial charge in [-0.15, -0.1) is 0 Å². The van der Waals surface area contributed by atoms with E-state index in [1.54, 1.807) is 0 Å². The third-order valence-electron chi connectivity index (χ3n) is 3.33. The van der Waals surface area contributed by atoms with E-state index in [2.05, 4.69) is 21.0 Å². The maximum atomic E-state index is 11.9. The lowest BCUT2D eigenvalue weighted by Gasteiger charge is -2.20. The van der Waals surface area contributed by atoms with Gasteiger partial charge in [0.25, 0.3) is 0 Å². The molecule has 4 heteroatoms. The first-order valence-corrected chi connectivity index (χ1v) is 6.70. The van der Waals surface area contributed by atoms with E-state index in [1.165, 1.54) is 0 Å². The second kappa shape index (κ2) is 4.26. The van der Waals surface area contributed by atoms with E-state index in [0.29, 0.717) is 12.2 Å². The number of fused-ring (bicyclic) bond motifs is 1. The zero-order valence-corrected chi connectivity index (χ0v) is 11.0. The van der Waals surface area contributed by atoms with Gasteiger partial charge in [0.15, 0.2) is 5.78 Å². The Morgan fingerprint density at radius 2 is 2.24 bits per heavy atom. The van der Waals surface area contributed by atoms with Crippen LogP contribution in [0.2, 0.25) is 0 Å². The van der Waals surface area contributed by atoms with E-state index in [-0.39, 0.29) is 6.04 Å². The molecule has 0 spiro atoms. The molecular formula is C13H13BrN2O. The molecule has 0 bridgehead atoms. The molecule has 1 atom stereocenters. The number of ketones is 1. The number of carbonyl (C=O) groups is 1. The molecule has 1 aliphatic rings.